The Labute approximate surface area is 93.5 Å². The lowest BCUT2D eigenvalue weighted by Gasteiger charge is -2.07. The van der Waals surface area contributed by atoms with Crippen LogP contribution in [-0.2, 0) is 15.2 Å². The van der Waals surface area contributed by atoms with Gasteiger partial charge in [0.05, 0.1) is 13.2 Å². The maximum absolute atomic E-state index is 5.60. The van der Waals surface area contributed by atoms with Crippen LogP contribution < -0.4 is 0 Å². The molecule has 1 aromatic rings. The third-order valence-corrected chi connectivity index (χ3v) is 4.00. The number of benzene rings is 1. The molecule has 0 aromatic heterocycles. The normalized spacial score (nSPS) is 10.9. The maximum Gasteiger partial charge on any atom is 0.267 e. The van der Waals surface area contributed by atoms with Crippen molar-refractivity contribution in [2.45, 2.75) is 26.9 Å². The summed E-state index contributed by atoms with van der Waals surface area (Å²) in [6, 6.07) is 8.56. The van der Waals surface area contributed by atoms with Gasteiger partial charge in [0.2, 0.25) is 0 Å². The van der Waals surface area contributed by atoms with Crippen molar-refractivity contribution in [1.29, 1.82) is 0 Å². The summed E-state index contributed by atoms with van der Waals surface area (Å²) < 4.78 is 11.2. The molecule has 0 saturated heterocycles. The van der Waals surface area contributed by atoms with E-state index in [0.717, 1.165) is 19.4 Å². The minimum absolute atomic E-state index is 0.736. The fourth-order valence-electron chi connectivity index (χ4n) is 1.34. The van der Waals surface area contributed by atoms with E-state index in [4.69, 9.17) is 9.05 Å². The predicted octanol–water partition coefficient (Wildman–Crippen LogP) is 3.61. The zero-order chi connectivity index (χ0) is 11.1. The Morgan fingerprint density at radius 1 is 1.00 bits per heavy atom. The summed E-state index contributed by atoms with van der Waals surface area (Å²) in [6.07, 6.45) is 0.923. The molecule has 0 radical (unpaired) electrons. The van der Waals surface area contributed by atoms with Crippen molar-refractivity contribution in [3.05, 3.63) is 35.4 Å². The van der Waals surface area contributed by atoms with E-state index >= 15 is 0 Å². The zero-order valence-electron chi connectivity index (χ0n) is 9.75. The number of hydrogen-bond donors (Lipinski definition) is 0. The molecule has 0 N–H and O–H groups in total. The van der Waals surface area contributed by atoms with Crippen LogP contribution in [-0.4, -0.2) is 13.2 Å². The molecule has 0 aliphatic rings. The van der Waals surface area contributed by atoms with Crippen LogP contribution in [0.15, 0.2) is 24.3 Å². The van der Waals surface area contributed by atoms with Gasteiger partial charge < -0.3 is 0 Å². The highest BCUT2D eigenvalue weighted by atomic mass is 31.2. The molecular weight excluding hydrogens is 207 g/mol. The van der Waals surface area contributed by atoms with E-state index < -0.39 is 8.38 Å². The van der Waals surface area contributed by atoms with E-state index in [2.05, 4.69) is 31.2 Å². The lowest BCUT2D eigenvalue weighted by Crippen LogP contribution is -1.94. The monoisotopic (exact) mass is 227 g/mol. The SMILES string of the molecule is CCO[PH+](Cc1ccc(C)cc1)OCC. The fourth-order valence-corrected chi connectivity index (χ4v) is 2.84. The molecular formula is C12H20O2P+. The van der Waals surface area contributed by atoms with Gasteiger partial charge in [0.25, 0.3) is 8.38 Å². The van der Waals surface area contributed by atoms with Gasteiger partial charge in [-0.1, -0.05) is 29.8 Å². The first-order chi connectivity index (χ1) is 7.26. The van der Waals surface area contributed by atoms with Crippen LogP contribution in [0.3, 0.4) is 0 Å². The largest absolute Gasteiger partial charge is 0.267 e. The summed E-state index contributed by atoms with van der Waals surface area (Å²) in [5.74, 6) is 0. The third-order valence-electron chi connectivity index (χ3n) is 2.08. The molecule has 0 atom stereocenters. The standard InChI is InChI=1S/C12H19O2P/c1-4-13-15(14-5-2)10-12-8-6-11(3)7-9-12/h6-9H,4-5,10H2,1-3H3/p+1. The molecule has 1 rings (SSSR count). The van der Waals surface area contributed by atoms with Crippen LogP contribution in [0.5, 0.6) is 0 Å². The highest BCUT2D eigenvalue weighted by Gasteiger charge is 2.17. The molecule has 84 valence electrons. The van der Waals surface area contributed by atoms with E-state index in [1.54, 1.807) is 0 Å². The highest BCUT2D eigenvalue weighted by molar-refractivity contribution is 7.46. The zero-order valence-corrected chi connectivity index (χ0v) is 10.7. The van der Waals surface area contributed by atoms with Gasteiger partial charge in [-0.15, -0.1) is 0 Å². The Hall–Kier alpha value is -0.430. The molecule has 0 aliphatic carbocycles. The maximum atomic E-state index is 5.60. The summed E-state index contributed by atoms with van der Waals surface area (Å²) in [7, 11) is -1.11. The Morgan fingerprint density at radius 2 is 1.53 bits per heavy atom. The lowest BCUT2D eigenvalue weighted by molar-refractivity contribution is 0.268. The van der Waals surface area contributed by atoms with Crippen LogP contribution in [0.25, 0.3) is 0 Å². The number of hydrogen-bond acceptors (Lipinski definition) is 2. The Balaban J connectivity index is 2.53. The predicted molar refractivity (Wildman–Crippen MR) is 66.5 cm³/mol. The van der Waals surface area contributed by atoms with Gasteiger partial charge in [-0.25, -0.2) is 9.05 Å². The van der Waals surface area contributed by atoms with E-state index in [9.17, 15) is 0 Å². The second kappa shape index (κ2) is 6.95. The van der Waals surface area contributed by atoms with Gasteiger partial charge in [-0.05, 0) is 26.3 Å². The average molecular weight is 227 g/mol. The smallest absolute Gasteiger partial charge is 0.209 e. The van der Waals surface area contributed by atoms with E-state index in [0.29, 0.717) is 0 Å². The molecule has 0 heterocycles. The van der Waals surface area contributed by atoms with Crippen molar-refractivity contribution in [3.63, 3.8) is 0 Å². The van der Waals surface area contributed by atoms with Crippen LogP contribution in [0.1, 0.15) is 25.0 Å². The molecule has 0 spiro atoms. The van der Waals surface area contributed by atoms with Crippen molar-refractivity contribution in [2.24, 2.45) is 0 Å². The van der Waals surface area contributed by atoms with Crippen molar-refractivity contribution >= 4 is 8.38 Å². The summed E-state index contributed by atoms with van der Waals surface area (Å²) in [5.41, 5.74) is 2.59. The second-order valence-corrected chi connectivity index (χ2v) is 5.08. The first kappa shape index (κ1) is 12.6. The Bertz CT molecular complexity index is 265. The summed E-state index contributed by atoms with van der Waals surface area (Å²) in [6.45, 7) is 7.60. The molecule has 2 nitrogen and oxygen atoms in total. The lowest BCUT2D eigenvalue weighted by atomic mass is 10.2. The van der Waals surface area contributed by atoms with Crippen LogP contribution in [0, 0.1) is 6.92 Å². The molecule has 1 aromatic carbocycles. The van der Waals surface area contributed by atoms with Gasteiger partial charge in [-0.3, -0.25) is 0 Å². The third kappa shape index (κ3) is 4.74. The van der Waals surface area contributed by atoms with E-state index in [1.807, 2.05) is 13.8 Å². The van der Waals surface area contributed by atoms with E-state index in [1.165, 1.54) is 11.1 Å². The van der Waals surface area contributed by atoms with Crippen molar-refractivity contribution < 1.29 is 9.05 Å². The Kier molecular flexibility index (Phi) is 5.85. The average Bonchev–Trinajstić information content (AvgIpc) is 2.22. The summed E-state index contributed by atoms with van der Waals surface area (Å²) >= 11 is 0. The highest BCUT2D eigenvalue weighted by Crippen LogP contribution is 2.41. The molecule has 0 saturated carbocycles. The minimum Gasteiger partial charge on any atom is -0.209 e. The van der Waals surface area contributed by atoms with Crippen molar-refractivity contribution in [1.82, 2.24) is 0 Å². The molecule has 15 heavy (non-hydrogen) atoms. The number of rotatable bonds is 6. The van der Waals surface area contributed by atoms with Crippen LogP contribution in [0.4, 0.5) is 0 Å². The number of aryl methyl sites for hydroxylation is 1. The van der Waals surface area contributed by atoms with Crippen molar-refractivity contribution in [2.75, 3.05) is 13.2 Å². The molecule has 3 heteroatoms. The molecule has 0 amide bonds. The molecule has 0 bridgehead atoms. The second-order valence-electron chi connectivity index (χ2n) is 3.40. The quantitative estimate of drug-likeness (QED) is 0.691. The van der Waals surface area contributed by atoms with Gasteiger partial charge >= 0.3 is 0 Å². The first-order valence-corrected chi connectivity index (χ1v) is 6.95. The van der Waals surface area contributed by atoms with Gasteiger partial charge in [-0.2, -0.15) is 0 Å². The van der Waals surface area contributed by atoms with E-state index in [-0.39, 0.29) is 0 Å². The minimum atomic E-state index is -1.11. The van der Waals surface area contributed by atoms with Crippen LogP contribution >= 0.6 is 8.38 Å². The van der Waals surface area contributed by atoms with Gasteiger partial charge in [0.1, 0.15) is 6.16 Å². The summed E-state index contributed by atoms with van der Waals surface area (Å²) in [4.78, 5) is 0. The topological polar surface area (TPSA) is 18.5 Å². The summed E-state index contributed by atoms with van der Waals surface area (Å²) in [5, 5.41) is 0. The van der Waals surface area contributed by atoms with Gasteiger partial charge in [0.15, 0.2) is 0 Å². The molecule has 0 fully saturated rings. The van der Waals surface area contributed by atoms with Gasteiger partial charge in [0, 0.05) is 0 Å². The fraction of sp³-hybridized carbons (Fsp3) is 0.500. The molecule has 0 unspecified atom stereocenters. The van der Waals surface area contributed by atoms with Crippen molar-refractivity contribution in [3.8, 4) is 0 Å². The Morgan fingerprint density at radius 3 is 2.00 bits per heavy atom. The first-order valence-electron chi connectivity index (χ1n) is 5.43. The van der Waals surface area contributed by atoms with Crippen LogP contribution in [0.2, 0.25) is 0 Å². The molecule has 0 aliphatic heterocycles.